The van der Waals surface area contributed by atoms with Gasteiger partial charge in [-0.15, -0.1) is 0 Å². The lowest BCUT2D eigenvalue weighted by atomic mass is 9.37. The Morgan fingerprint density at radius 1 is 0.633 bits per heavy atom. The molecule has 3 nitrogen and oxygen atoms in total. The molecule has 0 atom stereocenters. The molecule has 2 aliphatic rings. The van der Waals surface area contributed by atoms with Crippen LogP contribution in [0.2, 0.25) is 0 Å². The van der Waals surface area contributed by atoms with Crippen molar-refractivity contribution < 1.29 is 4.42 Å². The van der Waals surface area contributed by atoms with Crippen LogP contribution in [0.1, 0.15) is 58.2 Å². The minimum atomic E-state index is -0.00485. The van der Waals surface area contributed by atoms with E-state index in [2.05, 4.69) is 154 Å². The lowest BCUT2D eigenvalue weighted by Gasteiger charge is -2.25. The second-order valence-electron chi connectivity index (χ2n) is 16.7. The highest BCUT2D eigenvalue weighted by atomic mass is 16.3. The van der Waals surface area contributed by atoms with Gasteiger partial charge in [0, 0.05) is 11.1 Å². The summed E-state index contributed by atoms with van der Waals surface area (Å²) in [5, 5.41) is 6.40. The lowest BCUT2D eigenvalue weighted by molar-refractivity contribution is 0.591. The predicted molar refractivity (Wildman–Crippen MR) is 209 cm³/mol. The van der Waals surface area contributed by atoms with Crippen LogP contribution in [0.3, 0.4) is 0 Å². The Balaban J connectivity index is 1.41. The zero-order valence-corrected chi connectivity index (χ0v) is 29.1. The highest BCUT2D eigenvalue weighted by molar-refractivity contribution is 7.02. The maximum atomic E-state index is 6.54. The van der Waals surface area contributed by atoms with E-state index in [1.807, 2.05) is 0 Å². The monoisotopic (exact) mass is 632 g/mol. The van der Waals surface area contributed by atoms with Gasteiger partial charge in [0.25, 0.3) is 6.71 Å². The van der Waals surface area contributed by atoms with Crippen LogP contribution in [0.15, 0.2) is 101 Å². The lowest BCUT2D eigenvalue weighted by Crippen LogP contribution is -2.53. The van der Waals surface area contributed by atoms with E-state index in [1.165, 1.54) is 99.0 Å². The van der Waals surface area contributed by atoms with Crippen molar-refractivity contribution in [2.24, 2.45) is 0 Å². The minimum Gasteiger partial charge on any atom is -0.456 e. The molecule has 3 aromatic heterocycles. The zero-order chi connectivity index (χ0) is 33.3. The quantitative estimate of drug-likeness (QED) is 0.153. The van der Waals surface area contributed by atoms with Crippen LogP contribution < -0.4 is 16.4 Å². The Hall–Kier alpha value is -5.22. The third-order valence-electron chi connectivity index (χ3n) is 11.6. The summed E-state index contributed by atoms with van der Waals surface area (Å²) in [7, 11) is 0. The standard InChI is InChI=1S/C45H37BN2O/c1-24-20-30-38-27-13-9-8-12-26(27)31(45(5,6)7)23-32(38)46-40(30)35(21-24)47-33-18-16-25(44(2,3)4)22-34(33)48-42-29(41(46)43(47)48)17-19-37-39(42)28-14-10-11-15-36(28)49-37/h8-23H,1-7H3. The Kier molecular flexibility index (Phi) is 4.91. The molecular formula is C45H37BN2O. The van der Waals surface area contributed by atoms with Crippen LogP contribution in [0, 0.1) is 6.92 Å². The summed E-state index contributed by atoms with van der Waals surface area (Å²) in [4.78, 5) is 0. The number of fused-ring (bicyclic) bond motifs is 17. The second kappa shape index (κ2) is 8.68. The number of aromatic nitrogens is 2. The fourth-order valence-corrected chi connectivity index (χ4v) is 9.53. The van der Waals surface area contributed by atoms with Gasteiger partial charge in [0.2, 0.25) is 0 Å². The first-order valence-electron chi connectivity index (χ1n) is 17.7. The number of benzene rings is 6. The summed E-state index contributed by atoms with van der Waals surface area (Å²) in [5.74, 6) is 0. The average Bonchev–Trinajstić information content (AvgIpc) is 3.79. The third-order valence-corrected chi connectivity index (χ3v) is 11.6. The van der Waals surface area contributed by atoms with Crippen molar-refractivity contribution in [3.63, 3.8) is 0 Å². The van der Waals surface area contributed by atoms with Crippen molar-refractivity contribution in [3.8, 4) is 16.8 Å². The van der Waals surface area contributed by atoms with Gasteiger partial charge in [-0.1, -0.05) is 108 Å². The van der Waals surface area contributed by atoms with E-state index in [4.69, 9.17) is 4.42 Å². The fraction of sp³-hybridized carbons (Fsp3) is 0.200. The number of hydrogen-bond donors (Lipinski definition) is 0. The molecule has 0 bridgehead atoms. The van der Waals surface area contributed by atoms with Gasteiger partial charge in [-0.2, -0.15) is 0 Å². The first-order chi connectivity index (χ1) is 23.5. The molecule has 0 N–H and O–H groups in total. The Morgan fingerprint density at radius 3 is 2.16 bits per heavy atom. The first-order valence-corrected chi connectivity index (χ1v) is 17.7. The zero-order valence-electron chi connectivity index (χ0n) is 29.1. The molecule has 0 unspecified atom stereocenters. The molecule has 0 aliphatic carbocycles. The van der Waals surface area contributed by atoms with Gasteiger partial charge in [-0.25, -0.2) is 0 Å². The van der Waals surface area contributed by atoms with Gasteiger partial charge < -0.3 is 4.42 Å². The van der Waals surface area contributed by atoms with Crippen LogP contribution >= 0.6 is 0 Å². The molecule has 2 aliphatic heterocycles. The largest absolute Gasteiger partial charge is 0.456 e. The van der Waals surface area contributed by atoms with Crippen LogP contribution in [0.25, 0.3) is 77.1 Å². The van der Waals surface area contributed by atoms with Crippen molar-refractivity contribution in [2.45, 2.75) is 59.3 Å². The van der Waals surface area contributed by atoms with E-state index in [1.54, 1.807) is 0 Å². The molecule has 9 aromatic rings. The molecule has 0 saturated heterocycles. The van der Waals surface area contributed by atoms with Crippen molar-refractivity contribution in [3.05, 3.63) is 114 Å². The van der Waals surface area contributed by atoms with Crippen molar-refractivity contribution >= 4 is 83.4 Å². The molecule has 0 fully saturated rings. The van der Waals surface area contributed by atoms with Crippen LogP contribution in [0.4, 0.5) is 0 Å². The van der Waals surface area contributed by atoms with Crippen LogP contribution in [0.5, 0.6) is 0 Å². The molecule has 0 saturated carbocycles. The van der Waals surface area contributed by atoms with Crippen LogP contribution in [-0.2, 0) is 10.8 Å². The fourth-order valence-electron chi connectivity index (χ4n) is 9.53. The second-order valence-corrected chi connectivity index (χ2v) is 16.7. The van der Waals surface area contributed by atoms with E-state index >= 15 is 0 Å². The number of imidazole rings is 1. The number of para-hydroxylation sites is 1. The van der Waals surface area contributed by atoms with E-state index in [0.717, 1.165) is 11.2 Å². The minimum absolute atomic E-state index is 0.00485. The molecule has 49 heavy (non-hydrogen) atoms. The van der Waals surface area contributed by atoms with E-state index in [-0.39, 0.29) is 17.5 Å². The number of hydrogen-bond acceptors (Lipinski definition) is 1. The molecule has 11 rings (SSSR count). The summed E-state index contributed by atoms with van der Waals surface area (Å²) in [6.45, 7) is 16.4. The number of rotatable bonds is 0. The predicted octanol–water partition coefficient (Wildman–Crippen LogP) is 9.80. The topological polar surface area (TPSA) is 22.5 Å². The maximum Gasteiger partial charge on any atom is 0.251 e. The van der Waals surface area contributed by atoms with Crippen LogP contribution in [-0.4, -0.2) is 15.7 Å². The Bertz CT molecular complexity index is 2970. The molecule has 236 valence electrons. The summed E-state index contributed by atoms with van der Waals surface area (Å²) in [6, 6.07) is 36.8. The van der Waals surface area contributed by atoms with E-state index < -0.39 is 0 Å². The highest BCUT2D eigenvalue weighted by Gasteiger charge is 2.45. The normalized spacial score (nSPS) is 14.0. The van der Waals surface area contributed by atoms with Gasteiger partial charge in [0.15, 0.2) is 0 Å². The smallest absolute Gasteiger partial charge is 0.251 e. The van der Waals surface area contributed by atoms with Gasteiger partial charge in [0.05, 0.1) is 21.9 Å². The van der Waals surface area contributed by atoms with E-state index in [0.29, 0.717) is 0 Å². The van der Waals surface area contributed by atoms with Gasteiger partial charge in [0.1, 0.15) is 16.8 Å². The number of aryl methyl sites for hydroxylation is 1. The number of nitrogens with zero attached hydrogens (tertiary/aromatic N) is 2. The first kappa shape index (κ1) is 27.7. The van der Waals surface area contributed by atoms with Gasteiger partial charge >= 0.3 is 0 Å². The van der Waals surface area contributed by atoms with Gasteiger partial charge in [-0.3, -0.25) is 8.97 Å². The van der Waals surface area contributed by atoms with Crippen molar-refractivity contribution in [1.82, 2.24) is 8.97 Å². The molecule has 4 heteroatoms. The SMILES string of the molecule is Cc1cc2c3c(c1)-n1c4ccc(C(C)(C)C)cc4n4c5c(ccc6oc7ccccc7c65)c(c14)B3c1cc(C(C)(C)C)c3ccccc3c1-2. The summed E-state index contributed by atoms with van der Waals surface area (Å²) in [6.07, 6.45) is 0. The van der Waals surface area contributed by atoms with E-state index in [9.17, 15) is 0 Å². The van der Waals surface area contributed by atoms with Gasteiger partial charge in [-0.05, 0) is 109 Å². The molecule has 0 amide bonds. The molecule has 6 aromatic carbocycles. The summed E-state index contributed by atoms with van der Waals surface area (Å²) >= 11 is 0. The molecule has 5 heterocycles. The summed E-state index contributed by atoms with van der Waals surface area (Å²) in [5.41, 5.74) is 19.3. The molecular weight excluding hydrogens is 595 g/mol. The molecule has 0 spiro atoms. The number of furan rings is 1. The van der Waals surface area contributed by atoms with Crippen molar-refractivity contribution in [2.75, 3.05) is 0 Å². The van der Waals surface area contributed by atoms with Crippen molar-refractivity contribution in [1.29, 1.82) is 0 Å². The third kappa shape index (κ3) is 3.30. The highest BCUT2D eigenvalue weighted by Crippen LogP contribution is 2.44. The Morgan fingerprint density at radius 2 is 1.39 bits per heavy atom. The Labute approximate surface area is 285 Å². The molecule has 0 radical (unpaired) electrons. The maximum absolute atomic E-state index is 6.54. The summed E-state index contributed by atoms with van der Waals surface area (Å²) < 4.78 is 11.7. The average molecular weight is 633 g/mol.